The number of amides is 1. The lowest BCUT2D eigenvalue weighted by molar-refractivity contribution is 0.0741. The zero-order valence-electron chi connectivity index (χ0n) is 15.0. The van der Waals surface area contributed by atoms with Crippen molar-refractivity contribution < 1.29 is 9.53 Å². The van der Waals surface area contributed by atoms with Crippen LogP contribution >= 0.6 is 11.6 Å². The number of rotatable bonds is 4. The number of piperazine rings is 1. The van der Waals surface area contributed by atoms with Crippen LogP contribution in [0.2, 0.25) is 5.02 Å². The second-order valence-corrected chi connectivity index (χ2v) is 6.73. The average molecular weight is 386 g/mol. The van der Waals surface area contributed by atoms with E-state index in [4.69, 9.17) is 16.3 Å². The molecule has 0 aliphatic carbocycles. The topological polar surface area (TPSA) is 63.0 Å². The number of carbonyl (C=O) groups is 1. The van der Waals surface area contributed by atoms with Crippen LogP contribution in [-0.2, 0) is 0 Å². The van der Waals surface area contributed by atoms with Gasteiger partial charge in [-0.2, -0.15) is 0 Å². The molecule has 1 fully saturated rings. The molecule has 1 saturated heterocycles. The molecule has 0 unspecified atom stereocenters. The molecule has 4 rings (SSSR count). The molecule has 1 aliphatic rings. The molecule has 27 heavy (non-hydrogen) atoms. The highest BCUT2D eigenvalue weighted by atomic mass is 35.5. The van der Waals surface area contributed by atoms with Crippen molar-refractivity contribution in [3.8, 4) is 5.88 Å². The minimum atomic E-state index is -0.0748. The third-order valence-electron chi connectivity index (χ3n) is 4.57. The lowest BCUT2D eigenvalue weighted by atomic mass is 10.2. The van der Waals surface area contributed by atoms with Crippen LogP contribution in [0.25, 0.3) is 5.65 Å². The first kappa shape index (κ1) is 17.6. The molecule has 1 aliphatic heterocycles. The Morgan fingerprint density at radius 2 is 1.85 bits per heavy atom. The van der Waals surface area contributed by atoms with E-state index in [1.54, 1.807) is 22.8 Å². The Morgan fingerprint density at radius 3 is 2.56 bits per heavy atom. The number of aromatic nitrogens is 3. The van der Waals surface area contributed by atoms with Crippen molar-refractivity contribution >= 4 is 28.8 Å². The highest BCUT2D eigenvalue weighted by Crippen LogP contribution is 2.20. The molecule has 8 heteroatoms. The number of hydrogen-bond donors (Lipinski definition) is 0. The number of fused-ring (bicyclic) bond motifs is 1. The van der Waals surface area contributed by atoms with Crippen LogP contribution in [0, 0.1) is 0 Å². The highest BCUT2D eigenvalue weighted by molar-refractivity contribution is 6.30. The molecule has 2 aromatic heterocycles. The molecule has 0 bridgehead atoms. The maximum absolute atomic E-state index is 12.8. The fourth-order valence-electron chi connectivity index (χ4n) is 3.17. The molecule has 7 nitrogen and oxygen atoms in total. The van der Waals surface area contributed by atoms with Crippen molar-refractivity contribution in [2.75, 3.05) is 37.7 Å². The maximum Gasteiger partial charge on any atom is 0.274 e. The van der Waals surface area contributed by atoms with E-state index in [1.807, 2.05) is 36.1 Å². The van der Waals surface area contributed by atoms with Gasteiger partial charge in [0.05, 0.1) is 12.8 Å². The minimum absolute atomic E-state index is 0.0748. The Morgan fingerprint density at radius 1 is 1.11 bits per heavy atom. The molecule has 0 N–H and O–H groups in total. The van der Waals surface area contributed by atoms with Crippen molar-refractivity contribution in [1.82, 2.24) is 19.5 Å². The second kappa shape index (κ2) is 7.44. The van der Waals surface area contributed by atoms with Gasteiger partial charge in [-0.25, -0.2) is 9.50 Å². The van der Waals surface area contributed by atoms with E-state index in [0.717, 1.165) is 23.8 Å². The van der Waals surface area contributed by atoms with Crippen molar-refractivity contribution in [3.63, 3.8) is 0 Å². The molecular weight excluding hydrogens is 366 g/mol. The summed E-state index contributed by atoms with van der Waals surface area (Å²) < 4.78 is 6.98. The van der Waals surface area contributed by atoms with E-state index in [1.165, 1.54) is 0 Å². The molecule has 0 saturated carbocycles. The molecule has 1 aromatic carbocycles. The van der Waals surface area contributed by atoms with E-state index in [0.29, 0.717) is 36.9 Å². The summed E-state index contributed by atoms with van der Waals surface area (Å²) in [6.07, 6.45) is 1.66. The van der Waals surface area contributed by atoms with Gasteiger partial charge in [-0.3, -0.25) is 4.79 Å². The first-order chi connectivity index (χ1) is 13.1. The standard InChI is InChI=1S/C19H20ClN5O2/c1-2-27-18-8-7-17-21-16(13-25(17)22-18)19(26)24-11-9-23(10-12-24)15-5-3-14(20)4-6-15/h3-8,13H,2,9-12H2,1H3. The Bertz CT molecular complexity index is 948. The smallest absolute Gasteiger partial charge is 0.274 e. The lowest BCUT2D eigenvalue weighted by Crippen LogP contribution is -2.48. The summed E-state index contributed by atoms with van der Waals surface area (Å²) in [6, 6.07) is 11.3. The summed E-state index contributed by atoms with van der Waals surface area (Å²) in [7, 11) is 0. The SMILES string of the molecule is CCOc1ccc2nc(C(=O)N3CCN(c4ccc(Cl)cc4)CC3)cn2n1. The number of nitrogens with zero attached hydrogens (tertiary/aromatic N) is 5. The normalized spacial score (nSPS) is 14.6. The average Bonchev–Trinajstić information content (AvgIpc) is 3.12. The van der Waals surface area contributed by atoms with Gasteiger partial charge in [-0.15, -0.1) is 5.10 Å². The summed E-state index contributed by atoms with van der Waals surface area (Å²) in [5.41, 5.74) is 2.14. The van der Waals surface area contributed by atoms with Crippen LogP contribution in [0.5, 0.6) is 5.88 Å². The number of carbonyl (C=O) groups excluding carboxylic acids is 1. The molecule has 0 radical (unpaired) electrons. The van der Waals surface area contributed by atoms with Gasteiger partial charge in [0.1, 0.15) is 5.69 Å². The molecular formula is C19H20ClN5O2. The molecule has 0 spiro atoms. The molecule has 0 atom stereocenters. The van der Waals surface area contributed by atoms with Crippen LogP contribution in [-0.4, -0.2) is 58.2 Å². The maximum atomic E-state index is 12.8. The first-order valence-corrected chi connectivity index (χ1v) is 9.31. The quantitative estimate of drug-likeness (QED) is 0.691. The summed E-state index contributed by atoms with van der Waals surface area (Å²) in [5.74, 6) is 0.437. The summed E-state index contributed by atoms with van der Waals surface area (Å²) in [5, 5.41) is 5.04. The van der Waals surface area contributed by atoms with Crippen LogP contribution < -0.4 is 9.64 Å². The predicted octanol–water partition coefficient (Wildman–Crippen LogP) is 2.74. The van der Waals surface area contributed by atoms with Gasteiger partial charge < -0.3 is 14.5 Å². The van der Waals surface area contributed by atoms with E-state index in [2.05, 4.69) is 15.0 Å². The monoisotopic (exact) mass is 385 g/mol. The van der Waals surface area contributed by atoms with Gasteiger partial charge in [0, 0.05) is 43.0 Å². The third-order valence-corrected chi connectivity index (χ3v) is 4.82. The summed E-state index contributed by atoms with van der Waals surface area (Å²) >= 11 is 5.95. The Kier molecular flexibility index (Phi) is 4.85. The van der Waals surface area contributed by atoms with Crippen molar-refractivity contribution in [1.29, 1.82) is 0 Å². The molecule has 140 valence electrons. The van der Waals surface area contributed by atoms with E-state index in [9.17, 15) is 4.79 Å². The minimum Gasteiger partial charge on any atom is -0.477 e. The molecule has 1 amide bonds. The number of benzene rings is 1. The van der Waals surface area contributed by atoms with Gasteiger partial charge in [-0.05, 0) is 37.3 Å². The first-order valence-electron chi connectivity index (χ1n) is 8.93. The predicted molar refractivity (Wildman–Crippen MR) is 104 cm³/mol. The Labute approximate surface area is 162 Å². The molecule has 3 heterocycles. The lowest BCUT2D eigenvalue weighted by Gasteiger charge is -2.35. The zero-order valence-corrected chi connectivity index (χ0v) is 15.8. The summed E-state index contributed by atoms with van der Waals surface area (Å²) in [4.78, 5) is 21.3. The van der Waals surface area contributed by atoms with Gasteiger partial charge >= 0.3 is 0 Å². The number of halogens is 1. The van der Waals surface area contributed by atoms with E-state index in [-0.39, 0.29) is 5.91 Å². The third kappa shape index (κ3) is 3.68. The fraction of sp³-hybridized carbons (Fsp3) is 0.316. The van der Waals surface area contributed by atoms with Crippen LogP contribution in [0.1, 0.15) is 17.4 Å². The van der Waals surface area contributed by atoms with Gasteiger partial charge in [0.2, 0.25) is 5.88 Å². The largest absolute Gasteiger partial charge is 0.477 e. The van der Waals surface area contributed by atoms with Gasteiger partial charge in [0.15, 0.2) is 5.65 Å². The Hall–Kier alpha value is -2.80. The van der Waals surface area contributed by atoms with Crippen LogP contribution in [0.15, 0.2) is 42.6 Å². The molecule has 3 aromatic rings. The van der Waals surface area contributed by atoms with Crippen LogP contribution in [0.4, 0.5) is 5.69 Å². The fourth-order valence-corrected chi connectivity index (χ4v) is 3.30. The number of hydrogen-bond acceptors (Lipinski definition) is 5. The van der Waals surface area contributed by atoms with Crippen molar-refractivity contribution in [2.24, 2.45) is 0 Å². The Balaban J connectivity index is 1.44. The number of anilines is 1. The number of imidazole rings is 1. The zero-order chi connectivity index (χ0) is 18.8. The van der Waals surface area contributed by atoms with E-state index >= 15 is 0 Å². The second-order valence-electron chi connectivity index (χ2n) is 6.29. The van der Waals surface area contributed by atoms with Crippen LogP contribution in [0.3, 0.4) is 0 Å². The van der Waals surface area contributed by atoms with Crippen molar-refractivity contribution in [2.45, 2.75) is 6.92 Å². The van der Waals surface area contributed by atoms with E-state index < -0.39 is 0 Å². The van der Waals surface area contributed by atoms with Crippen molar-refractivity contribution in [3.05, 3.63) is 53.3 Å². The summed E-state index contributed by atoms with van der Waals surface area (Å²) in [6.45, 7) is 5.27. The van der Waals surface area contributed by atoms with Gasteiger partial charge in [0.25, 0.3) is 5.91 Å². The highest BCUT2D eigenvalue weighted by Gasteiger charge is 2.24. The van der Waals surface area contributed by atoms with Gasteiger partial charge in [-0.1, -0.05) is 11.6 Å². The number of ether oxygens (including phenoxy) is 1.